The van der Waals surface area contributed by atoms with Gasteiger partial charge in [-0.25, -0.2) is 34.5 Å². The van der Waals surface area contributed by atoms with Crippen LogP contribution >= 0.6 is 38.6 Å². The molecule has 0 unspecified atom stereocenters. The van der Waals surface area contributed by atoms with Crippen LogP contribution in [-0.2, 0) is 20.6 Å². The van der Waals surface area contributed by atoms with Crippen LogP contribution in [0.25, 0.3) is 87.8 Å². The summed E-state index contributed by atoms with van der Waals surface area (Å²) in [5, 5.41) is 14.2. The first kappa shape index (κ1) is 72.2. The minimum atomic E-state index is -2.30. The molecule has 2 aliphatic heterocycles. The number of carbonyl (C=O) groups excluding carboxylic acids is 2. The van der Waals surface area contributed by atoms with Gasteiger partial charge in [0.1, 0.15) is 38.2 Å². The molecule has 20 heteroatoms. The van der Waals surface area contributed by atoms with E-state index in [4.69, 9.17) is 34.4 Å². The Morgan fingerprint density at radius 2 is 0.952 bits per heavy atom. The van der Waals surface area contributed by atoms with Crippen molar-refractivity contribution in [3.8, 4) is 67.4 Å². The molecule has 0 atom stereocenters. The van der Waals surface area contributed by atoms with Crippen LogP contribution in [0.3, 0.4) is 0 Å². The van der Waals surface area contributed by atoms with E-state index in [-0.39, 0.29) is 12.2 Å². The van der Waals surface area contributed by atoms with Gasteiger partial charge in [-0.1, -0.05) is 84.9 Å². The molecule has 2 fully saturated rings. The van der Waals surface area contributed by atoms with Crippen LogP contribution in [-0.4, -0.2) is 80.8 Å². The number of unbranched alkanes of at least 4 members (excludes halogenated alkanes) is 3. The standard InChI is InChI=1S/C36H32N6O2S.C29H28BrN5O2.C7H4NS.3C4H9.Sn/c1-35(2,3)44-34(43)41-36(19-9-20-36)23-17-15-22(16-18-23)30-29(33-39-26-12-6-7-14-28(26)45-33)40-32-24-10-4-5-11-25(24)38-31-27(42(30)32)13-8-21-37-31;1-28(2,3)37-27(36)34-29(15-7-16-29)19-13-11-18(12-14-19)23-24(30)33-26-20-8-4-5-9-21(20)32-25-22(35(23)26)10-6-17-31-25;1-2-4-7-6(3-1)8-5-9-7;3*1-3-4-2;/h4-8,10-18,21H,9,19-20H2,1-3H3,(H,37,38)(H,41,43);4-6,8-14,17H,7,15-16H2,1-3H3,(H,31,32)(H,34,36);1-4H;3*1,3-4H2,2H3;. The maximum atomic E-state index is 12.8. The number of nitrogens with zero attached hydrogens (tertiary/aromatic N) is 8. The van der Waals surface area contributed by atoms with Crippen LogP contribution in [0.15, 0.2) is 187 Å². The van der Waals surface area contributed by atoms with Crippen LogP contribution in [0.1, 0.15) is 150 Å². The Kier molecular flexibility index (Phi) is 21.1. The second kappa shape index (κ2) is 30.4. The van der Waals surface area contributed by atoms with Crippen LogP contribution in [0.5, 0.6) is 0 Å². The summed E-state index contributed by atoms with van der Waals surface area (Å²) in [5.41, 5.74) is 12.8. The fourth-order valence-corrected chi connectivity index (χ4v) is 35.9. The van der Waals surface area contributed by atoms with Crippen LogP contribution in [0.2, 0.25) is 13.3 Å². The Labute approximate surface area is 630 Å². The summed E-state index contributed by atoms with van der Waals surface area (Å²) in [5.74, 6) is 3.18. The van der Waals surface area contributed by atoms with Crippen molar-refractivity contribution in [3.63, 3.8) is 0 Å². The topological polar surface area (TPSA) is 188 Å². The molecule has 104 heavy (non-hydrogen) atoms. The van der Waals surface area contributed by atoms with E-state index in [1.54, 1.807) is 26.8 Å². The third-order valence-corrected chi connectivity index (χ3v) is 40.6. The molecule has 2 aliphatic carbocycles. The summed E-state index contributed by atoms with van der Waals surface area (Å²) in [6.07, 6.45) is 16.7. The fourth-order valence-electron chi connectivity index (χ4n) is 14.7. The molecule has 16 nitrogen and oxygen atoms in total. The number of anilines is 4. The molecule has 16 rings (SSSR count). The fraction of sp³-hybridized carbons (Fsp3) is 0.333. The average Bonchev–Trinajstić information content (AvgIpc) is 1.63. The number of aromatic nitrogens is 8. The number of fused-ring (bicyclic) bond motifs is 12. The van der Waals surface area contributed by atoms with Crippen LogP contribution < -0.4 is 24.3 Å². The molecule has 2 saturated carbocycles. The van der Waals surface area contributed by atoms with Gasteiger partial charge in [0.15, 0.2) is 11.6 Å². The number of ether oxygens (including phenoxy) is 2. The van der Waals surface area contributed by atoms with E-state index in [2.05, 4.69) is 175 Å². The van der Waals surface area contributed by atoms with Gasteiger partial charge in [0.2, 0.25) is 0 Å². The predicted molar refractivity (Wildman–Crippen MR) is 431 cm³/mol. The van der Waals surface area contributed by atoms with E-state index >= 15 is 0 Å². The van der Waals surface area contributed by atoms with Crippen molar-refractivity contribution in [3.05, 3.63) is 198 Å². The predicted octanol–water partition coefficient (Wildman–Crippen LogP) is 22.5. The van der Waals surface area contributed by atoms with E-state index in [0.29, 0.717) is 0 Å². The first-order valence-electron chi connectivity index (χ1n) is 36.8. The molecule has 0 bridgehead atoms. The zero-order chi connectivity index (χ0) is 72.4. The van der Waals surface area contributed by atoms with E-state index in [0.717, 1.165) is 155 Å². The van der Waals surface area contributed by atoms with E-state index in [1.807, 2.05) is 120 Å². The van der Waals surface area contributed by atoms with Crippen molar-refractivity contribution in [2.24, 2.45) is 0 Å². The SMILES string of the molecule is CC(C)(C)OC(=O)NC1(c2ccc(-c3c(-c4nc5ccccc5s4)nc4n3-c3cccnc3Nc3ccccc3-4)cc2)CCC1.CC(C)(C)OC(=O)NC1(c2ccc(-c3c(Br)nc4n3-c3cccnc3Nc3ccccc3-4)cc2)CCC1.CCC[CH2][Sn]([CH2]CCC)([CH2]CCC)[c]1nc2ccccc2s1. The zero-order valence-electron chi connectivity index (χ0n) is 60.8. The Balaban J connectivity index is 0.000000140. The molecule has 0 spiro atoms. The first-order valence-corrected chi connectivity index (χ1v) is 46.7. The molecular formula is C84H91BrN12O4S2Sn. The average molecular weight is 1600 g/mol. The number of hydrogen-bond acceptors (Lipinski definition) is 14. The van der Waals surface area contributed by atoms with Crippen LogP contribution in [0, 0.1) is 0 Å². The summed E-state index contributed by atoms with van der Waals surface area (Å²) >= 11 is 5.12. The number of alkyl carbamates (subject to hydrolysis) is 2. The monoisotopic (exact) mass is 1590 g/mol. The van der Waals surface area contributed by atoms with Crippen molar-refractivity contribution in [2.45, 2.75) is 175 Å². The van der Waals surface area contributed by atoms with Gasteiger partial charge in [-0.05, 0) is 168 Å². The summed E-state index contributed by atoms with van der Waals surface area (Å²) in [6, 6.07) is 58.2. The summed E-state index contributed by atoms with van der Waals surface area (Å²) < 4.78 is 25.0. The van der Waals surface area contributed by atoms with Crippen molar-refractivity contribution < 1.29 is 19.1 Å². The molecule has 0 radical (unpaired) electrons. The second-order valence-electron chi connectivity index (χ2n) is 29.8. The number of thiazole rings is 2. The van der Waals surface area contributed by atoms with Gasteiger partial charge in [0.25, 0.3) is 0 Å². The van der Waals surface area contributed by atoms with Gasteiger partial charge in [0.05, 0.1) is 55.4 Å². The van der Waals surface area contributed by atoms with E-state index < -0.39 is 40.7 Å². The molecule has 12 aromatic rings. The number of hydrogen-bond donors (Lipinski definition) is 4. The second-order valence-corrected chi connectivity index (χ2v) is 46.6. The maximum absolute atomic E-state index is 12.8. The number of para-hydroxylation sites is 4. The normalized spacial score (nSPS) is 14.4. The number of nitrogens with one attached hydrogen (secondary N) is 4. The molecular weight excluding hydrogens is 1500 g/mol. The quantitative estimate of drug-likeness (QED) is 0.0633. The van der Waals surface area contributed by atoms with Crippen molar-refractivity contribution >= 4 is 116 Å². The minimum absolute atomic E-state index is 0.379. The Hall–Kier alpha value is -8.76. The van der Waals surface area contributed by atoms with Gasteiger partial charge in [-0.2, -0.15) is 0 Å². The van der Waals surface area contributed by atoms with Crippen molar-refractivity contribution in [2.75, 3.05) is 10.6 Å². The molecule has 4 aliphatic rings. The van der Waals surface area contributed by atoms with Gasteiger partial charge in [0, 0.05) is 34.6 Å². The molecule has 2 amide bonds. The van der Waals surface area contributed by atoms with Gasteiger partial charge < -0.3 is 30.7 Å². The summed E-state index contributed by atoms with van der Waals surface area (Å²) in [7, 11) is 0. The third-order valence-electron chi connectivity index (χ3n) is 20.2. The first-order chi connectivity index (χ1) is 50.3. The molecule has 6 aromatic carbocycles. The number of imidazole rings is 2. The molecule has 8 heterocycles. The Bertz CT molecular complexity index is 4990. The van der Waals surface area contributed by atoms with Gasteiger partial charge in [-0.3, -0.25) is 9.13 Å². The third kappa shape index (κ3) is 15.0. The van der Waals surface area contributed by atoms with Gasteiger partial charge in [-0.15, -0.1) is 11.3 Å². The molecule has 6 aromatic heterocycles. The molecule has 0 saturated heterocycles. The van der Waals surface area contributed by atoms with Gasteiger partial charge >= 0.3 is 157 Å². The Morgan fingerprint density at radius 3 is 1.40 bits per heavy atom. The molecule has 534 valence electrons. The molecule has 4 N–H and O–H groups in total. The van der Waals surface area contributed by atoms with Crippen molar-refractivity contribution in [1.82, 2.24) is 49.7 Å². The van der Waals surface area contributed by atoms with E-state index in [9.17, 15) is 9.59 Å². The van der Waals surface area contributed by atoms with E-state index in [1.165, 1.54) is 62.1 Å². The number of amides is 2. The zero-order valence-corrected chi connectivity index (χ0v) is 66.9. The summed E-state index contributed by atoms with van der Waals surface area (Å²) in [6.45, 7) is 18.3. The van der Waals surface area contributed by atoms with Crippen molar-refractivity contribution in [1.29, 1.82) is 0 Å². The number of halogens is 1. The number of carbonyl (C=O) groups is 2. The number of rotatable bonds is 17. The van der Waals surface area contributed by atoms with Crippen LogP contribution in [0.4, 0.5) is 32.6 Å². The summed E-state index contributed by atoms with van der Waals surface area (Å²) in [4.78, 5) is 55.2. The Morgan fingerprint density at radius 1 is 0.519 bits per heavy atom. The number of benzene rings is 6. The number of pyridine rings is 2.